The molecular weight excluding hydrogens is 216 g/mol. The number of aromatic nitrogens is 2. The van der Waals surface area contributed by atoms with Crippen molar-refractivity contribution in [3.63, 3.8) is 0 Å². The molecule has 2 rings (SSSR count). The van der Waals surface area contributed by atoms with Crippen LogP contribution in [0.25, 0.3) is 17.1 Å². The highest BCUT2D eigenvalue weighted by Crippen LogP contribution is 2.17. The molecule has 1 aromatic carbocycles. The van der Waals surface area contributed by atoms with Gasteiger partial charge in [-0.25, -0.2) is 9.78 Å². The Balaban J connectivity index is 2.43. The maximum absolute atomic E-state index is 10.3. The molecule has 76 valence electrons. The first kappa shape index (κ1) is 9.73. The van der Waals surface area contributed by atoms with E-state index < -0.39 is 5.97 Å². The lowest BCUT2D eigenvalue weighted by molar-refractivity contribution is -0.131. The molecule has 4 nitrogen and oxygen atoms in total. The fourth-order valence-corrected chi connectivity index (χ4v) is 1.39. The van der Waals surface area contributed by atoms with Crippen LogP contribution < -0.4 is 0 Å². The van der Waals surface area contributed by atoms with E-state index in [0.29, 0.717) is 16.4 Å². The molecule has 0 atom stereocenters. The second kappa shape index (κ2) is 3.74. The van der Waals surface area contributed by atoms with E-state index >= 15 is 0 Å². The van der Waals surface area contributed by atoms with Gasteiger partial charge in [0.25, 0.3) is 0 Å². The molecule has 0 fully saturated rings. The van der Waals surface area contributed by atoms with E-state index in [1.165, 1.54) is 6.08 Å². The summed E-state index contributed by atoms with van der Waals surface area (Å²) in [5.41, 5.74) is 1.54. The number of aliphatic carboxylic acids is 1. The maximum Gasteiger partial charge on any atom is 0.328 e. The molecule has 5 heteroatoms. The van der Waals surface area contributed by atoms with Gasteiger partial charge in [-0.1, -0.05) is 11.6 Å². The predicted octanol–water partition coefficient (Wildman–Crippen LogP) is 2.31. The van der Waals surface area contributed by atoms with Crippen molar-refractivity contribution in [3.05, 3.63) is 35.1 Å². The highest BCUT2D eigenvalue weighted by molar-refractivity contribution is 6.31. The highest BCUT2D eigenvalue weighted by Gasteiger charge is 2.00. The lowest BCUT2D eigenvalue weighted by Gasteiger charge is -1.87. The van der Waals surface area contributed by atoms with Crippen LogP contribution in [0.15, 0.2) is 24.3 Å². The molecule has 0 saturated carbocycles. The van der Waals surface area contributed by atoms with Gasteiger partial charge in [0.1, 0.15) is 5.82 Å². The fourth-order valence-electron chi connectivity index (χ4n) is 1.23. The summed E-state index contributed by atoms with van der Waals surface area (Å²) in [6, 6.07) is 5.25. The van der Waals surface area contributed by atoms with Gasteiger partial charge in [-0.2, -0.15) is 0 Å². The van der Waals surface area contributed by atoms with E-state index in [1.54, 1.807) is 18.2 Å². The summed E-state index contributed by atoms with van der Waals surface area (Å²) in [5.74, 6) is -0.511. The molecule has 0 aliphatic heterocycles. The van der Waals surface area contributed by atoms with Crippen molar-refractivity contribution in [2.75, 3.05) is 0 Å². The van der Waals surface area contributed by atoms with Gasteiger partial charge in [0.05, 0.1) is 11.0 Å². The van der Waals surface area contributed by atoms with E-state index in [-0.39, 0.29) is 0 Å². The van der Waals surface area contributed by atoms with Crippen LogP contribution >= 0.6 is 11.6 Å². The van der Waals surface area contributed by atoms with E-state index in [9.17, 15) is 4.79 Å². The van der Waals surface area contributed by atoms with Gasteiger partial charge in [0.15, 0.2) is 0 Å². The number of nitrogens with zero attached hydrogens (tertiary/aromatic N) is 1. The normalized spacial score (nSPS) is 11.3. The van der Waals surface area contributed by atoms with Crippen molar-refractivity contribution >= 4 is 34.7 Å². The molecule has 1 aromatic heterocycles. The van der Waals surface area contributed by atoms with Crippen LogP contribution in [0.2, 0.25) is 5.02 Å². The van der Waals surface area contributed by atoms with Gasteiger partial charge in [-0.05, 0) is 24.3 Å². The first-order valence-corrected chi connectivity index (χ1v) is 4.59. The second-order valence-corrected chi connectivity index (χ2v) is 3.39. The SMILES string of the molecule is O=C(O)/C=C/c1nc2cc(Cl)ccc2[nH]1. The third kappa shape index (κ3) is 2.16. The molecule has 15 heavy (non-hydrogen) atoms. The van der Waals surface area contributed by atoms with Gasteiger partial charge in [-0.3, -0.25) is 0 Å². The Morgan fingerprint density at radius 3 is 3.07 bits per heavy atom. The number of fused-ring (bicyclic) bond motifs is 1. The number of benzene rings is 1. The minimum atomic E-state index is -1.01. The second-order valence-electron chi connectivity index (χ2n) is 2.96. The van der Waals surface area contributed by atoms with Crippen molar-refractivity contribution in [1.82, 2.24) is 9.97 Å². The molecule has 0 radical (unpaired) electrons. The van der Waals surface area contributed by atoms with Crippen LogP contribution in [0.3, 0.4) is 0 Å². The van der Waals surface area contributed by atoms with E-state index in [1.807, 2.05) is 0 Å². The van der Waals surface area contributed by atoms with Crippen molar-refractivity contribution in [3.8, 4) is 0 Å². The largest absolute Gasteiger partial charge is 0.478 e. The number of halogens is 1. The third-order valence-electron chi connectivity index (χ3n) is 1.85. The zero-order valence-electron chi connectivity index (χ0n) is 7.57. The number of carboxylic acid groups (broad SMARTS) is 1. The molecule has 0 unspecified atom stereocenters. The monoisotopic (exact) mass is 222 g/mol. The topological polar surface area (TPSA) is 66.0 Å². The average molecular weight is 223 g/mol. The zero-order chi connectivity index (χ0) is 10.8. The Morgan fingerprint density at radius 2 is 2.33 bits per heavy atom. The lowest BCUT2D eigenvalue weighted by Crippen LogP contribution is -1.86. The number of hydrogen-bond acceptors (Lipinski definition) is 2. The van der Waals surface area contributed by atoms with Crippen molar-refractivity contribution in [2.24, 2.45) is 0 Å². The van der Waals surface area contributed by atoms with Gasteiger partial charge in [0, 0.05) is 11.1 Å². The Labute approximate surface area is 90.2 Å². The van der Waals surface area contributed by atoms with Crippen LogP contribution in [0.1, 0.15) is 5.82 Å². The molecule has 1 heterocycles. The number of carboxylic acids is 1. The van der Waals surface area contributed by atoms with Crippen LogP contribution in [0, 0.1) is 0 Å². The molecule has 0 spiro atoms. The summed E-state index contributed by atoms with van der Waals surface area (Å²) < 4.78 is 0. The molecule has 0 amide bonds. The average Bonchev–Trinajstić information content (AvgIpc) is 2.56. The molecule has 2 aromatic rings. The summed E-state index contributed by atoms with van der Waals surface area (Å²) >= 11 is 5.79. The minimum Gasteiger partial charge on any atom is -0.478 e. The lowest BCUT2D eigenvalue weighted by atomic mass is 10.3. The quantitative estimate of drug-likeness (QED) is 0.767. The van der Waals surface area contributed by atoms with Gasteiger partial charge < -0.3 is 10.1 Å². The molecule has 2 N–H and O–H groups in total. The third-order valence-corrected chi connectivity index (χ3v) is 2.08. The Hall–Kier alpha value is -1.81. The van der Waals surface area contributed by atoms with Crippen LogP contribution in [-0.4, -0.2) is 21.0 Å². The van der Waals surface area contributed by atoms with Crippen LogP contribution in [-0.2, 0) is 4.79 Å². The Kier molecular flexibility index (Phi) is 2.43. The summed E-state index contributed by atoms with van der Waals surface area (Å²) in [5, 5.41) is 9.04. The Bertz CT molecular complexity index is 545. The molecular formula is C10H7ClN2O2. The molecule has 0 aliphatic carbocycles. The number of rotatable bonds is 2. The van der Waals surface area contributed by atoms with Gasteiger partial charge in [-0.15, -0.1) is 0 Å². The van der Waals surface area contributed by atoms with Crippen LogP contribution in [0.4, 0.5) is 0 Å². The maximum atomic E-state index is 10.3. The van der Waals surface area contributed by atoms with E-state index in [0.717, 1.165) is 11.6 Å². The number of carbonyl (C=O) groups is 1. The highest BCUT2D eigenvalue weighted by atomic mass is 35.5. The summed E-state index contributed by atoms with van der Waals surface area (Å²) in [6.45, 7) is 0. The fraction of sp³-hybridized carbons (Fsp3) is 0. The zero-order valence-corrected chi connectivity index (χ0v) is 8.32. The molecule has 0 bridgehead atoms. The standard InChI is InChI=1S/C10H7ClN2O2/c11-6-1-2-7-8(5-6)13-9(12-7)3-4-10(14)15/h1-5H,(H,12,13)(H,14,15)/b4-3+. The van der Waals surface area contributed by atoms with Gasteiger partial charge >= 0.3 is 5.97 Å². The molecule has 0 aliphatic rings. The summed E-state index contributed by atoms with van der Waals surface area (Å²) in [6.07, 6.45) is 2.43. The summed E-state index contributed by atoms with van der Waals surface area (Å²) in [4.78, 5) is 17.4. The first-order valence-electron chi connectivity index (χ1n) is 4.21. The number of aromatic amines is 1. The van der Waals surface area contributed by atoms with Crippen molar-refractivity contribution in [1.29, 1.82) is 0 Å². The number of hydrogen-bond donors (Lipinski definition) is 2. The van der Waals surface area contributed by atoms with Crippen molar-refractivity contribution in [2.45, 2.75) is 0 Å². The van der Waals surface area contributed by atoms with Crippen LogP contribution in [0.5, 0.6) is 0 Å². The number of imidazole rings is 1. The minimum absolute atomic E-state index is 0.495. The van der Waals surface area contributed by atoms with Gasteiger partial charge in [0.2, 0.25) is 0 Å². The summed E-state index contributed by atoms with van der Waals surface area (Å²) in [7, 11) is 0. The predicted molar refractivity (Wildman–Crippen MR) is 57.8 cm³/mol. The van der Waals surface area contributed by atoms with E-state index in [4.69, 9.17) is 16.7 Å². The smallest absolute Gasteiger partial charge is 0.328 e. The molecule has 0 saturated heterocycles. The van der Waals surface area contributed by atoms with E-state index in [2.05, 4.69) is 9.97 Å². The Morgan fingerprint density at radius 1 is 1.53 bits per heavy atom. The first-order chi connectivity index (χ1) is 7.15. The van der Waals surface area contributed by atoms with Crippen molar-refractivity contribution < 1.29 is 9.90 Å². The number of H-pyrrole nitrogens is 1. The number of nitrogens with one attached hydrogen (secondary N) is 1.